The summed E-state index contributed by atoms with van der Waals surface area (Å²) >= 11 is 0. The van der Waals surface area contributed by atoms with Gasteiger partial charge in [-0.2, -0.15) is 0 Å². The molecule has 0 bridgehead atoms. The number of benzene rings is 1. The van der Waals surface area contributed by atoms with E-state index in [0.29, 0.717) is 12.0 Å². The molecule has 104 valence electrons. The highest BCUT2D eigenvalue weighted by atomic mass is 16.4. The molecule has 3 nitrogen and oxygen atoms in total. The van der Waals surface area contributed by atoms with Crippen molar-refractivity contribution in [1.82, 2.24) is 4.90 Å². The molecule has 19 heavy (non-hydrogen) atoms. The van der Waals surface area contributed by atoms with Crippen molar-refractivity contribution in [2.75, 3.05) is 7.05 Å². The molecule has 2 rings (SSSR count). The van der Waals surface area contributed by atoms with E-state index in [9.17, 15) is 4.79 Å². The monoisotopic (exact) mass is 261 g/mol. The summed E-state index contributed by atoms with van der Waals surface area (Å²) in [7, 11) is 2.08. The predicted molar refractivity (Wildman–Crippen MR) is 76.1 cm³/mol. The second-order valence-corrected chi connectivity index (χ2v) is 5.97. The summed E-state index contributed by atoms with van der Waals surface area (Å²) in [5.74, 6) is -0.212. The van der Waals surface area contributed by atoms with Crippen molar-refractivity contribution in [1.29, 1.82) is 0 Å². The molecule has 0 unspecified atom stereocenters. The quantitative estimate of drug-likeness (QED) is 0.885. The van der Waals surface area contributed by atoms with Gasteiger partial charge >= 0.3 is 5.97 Å². The lowest BCUT2D eigenvalue weighted by molar-refractivity contribution is -0.146. The number of carboxylic acid groups (broad SMARTS) is 1. The molecular formula is C16H23NO2. The standard InChI is InChI=1S/C16H23NO2/c1-11(2)13-6-4-12(5-7-13)10-17(3)15-8-14(9-15)16(18)19/h4-7,11,14-15H,8-10H2,1-3H3,(H,18,19). The summed E-state index contributed by atoms with van der Waals surface area (Å²) in [4.78, 5) is 13.1. The van der Waals surface area contributed by atoms with Crippen LogP contribution < -0.4 is 0 Å². The smallest absolute Gasteiger partial charge is 0.306 e. The van der Waals surface area contributed by atoms with E-state index in [1.54, 1.807) is 0 Å². The van der Waals surface area contributed by atoms with E-state index in [4.69, 9.17) is 5.11 Å². The van der Waals surface area contributed by atoms with Crippen LogP contribution in [0.25, 0.3) is 0 Å². The summed E-state index contributed by atoms with van der Waals surface area (Å²) in [6.07, 6.45) is 1.58. The molecule has 1 aromatic carbocycles. The van der Waals surface area contributed by atoms with Crippen LogP contribution in [0.5, 0.6) is 0 Å². The third kappa shape index (κ3) is 3.35. The van der Waals surface area contributed by atoms with Crippen molar-refractivity contribution >= 4 is 5.97 Å². The molecule has 0 saturated heterocycles. The summed E-state index contributed by atoms with van der Waals surface area (Å²) in [6.45, 7) is 5.29. The summed E-state index contributed by atoms with van der Waals surface area (Å²) < 4.78 is 0. The fourth-order valence-electron chi connectivity index (χ4n) is 2.57. The Bertz CT molecular complexity index is 433. The normalized spacial score (nSPS) is 22.6. The van der Waals surface area contributed by atoms with E-state index in [-0.39, 0.29) is 5.92 Å². The van der Waals surface area contributed by atoms with Gasteiger partial charge in [-0.25, -0.2) is 0 Å². The zero-order valence-electron chi connectivity index (χ0n) is 12.0. The third-order valence-corrected chi connectivity index (χ3v) is 4.16. The average Bonchev–Trinajstić information content (AvgIpc) is 2.26. The van der Waals surface area contributed by atoms with E-state index in [1.165, 1.54) is 11.1 Å². The van der Waals surface area contributed by atoms with Gasteiger partial charge in [0, 0.05) is 12.6 Å². The van der Waals surface area contributed by atoms with Crippen LogP contribution in [0.15, 0.2) is 24.3 Å². The van der Waals surface area contributed by atoms with Crippen molar-refractivity contribution in [3.8, 4) is 0 Å². The number of rotatable bonds is 5. The maximum Gasteiger partial charge on any atom is 0.306 e. The fourth-order valence-corrected chi connectivity index (χ4v) is 2.57. The number of aliphatic carboxylic acids is 1. The van der Waals surface area contributed by atoms with Gasteiger partial charge in [-0.15, -0.1) is 0 Å². The van der Waals surface area contributed by atoms with Crippen LogP contribution in [0.2, 0.25) is 0 Å². The van der Waals surface area contributed by atoms with E-state index < -0.39 is 5.97 Å². The second-order valence-electron chi connectivity index (χ2n) is 5.97. The molecule has 0 atom stereocenters. The van der Waals surface area contributed by atoms with Gasteiger partial charge < -0.3 is 5.11 Å². The highest BCUT2D eigenvalue weighted by molar-refractivity contribution is 5.71. The Morgan fingerprint density at radius 3 is 2.37 bits per heavy atom. The molecule has 1 saturated carbocycles. The Balaban J connectivity index is 1.86. The molecule has 0 spiro atoms. The zero-order chi connectivity index (χ0) is 14.0. The Morgan fingerprint density at radius 2 is 1.89 bits per heavy atom. The summed E-state index contributed by atoms with van der Waals surface area (Å²) in [6, 6.07) is 9.16. The molecule has 0 heterocycles. The SMILES string of the molecule is CC(C)c1ccc(CN(C)C2CC(C(=O)O)C2)cc1. The molecular weight excluding hydrogens is 238 g/mol. The van der Waals surface area contributed by atoms with E-state index >= 15 is 0 Å². The minimum absolute atomic E-state index is 0.129. The first-order valence-corrected chi connectivity index (χ1v) is 6.99. The summed E-state index contributed by atoms with van der Waals surface area (Å²) in [5.41, 5.74) is 2.66. The molecule has 1 fully saturated rings. The van der Waals surface area contributed by atoms with Crippen LogP contribution in [-0.2, 0) is 11.3 Å². The molecule has 1 aliphatic carbocycles. The van der Waals surface area contributed by atoms with Gasteiger partial charge in [-0.1, -0.05) is 38.1 Å². The Hall–Kier alpha value is -1.35. The molecule has 0 radical (unpaired) electrons. The first-order valence-electron chi connectivity index (χ1n) is 6.99. The summed E-state index contributed by atoms with van der Waals surface area (Å²) in [5, 5.41) is 8.89. The van der Waals surface area contributed by atoms with Gasteiger partial charge in [0.25, 0.3) is 0 Å². The number of hydrogen-bond donors (Lipinski definition) is 1. The van der Waals surface area contributed by atoms with Crippen molar-refractivity contribution in [3.05, 3.63) is 35.4 Å². The Labute approximate surface area is 115 Å². The molecule has 0 aliphatic heterocycles. The van der Waals surface area contributed by atoms with E-state index in [0.717, 1.165) is 19.4 Å². The minimum atomic E-state index is -0.647. The third-order valence-electron chi connectivity index (χ3n) is 4.16. The molecule has 3 heteroatoms. The molecule has 0 aromatic heterocycles. The van der Waals surface area contributed by atoms with Crippen LogP contribution in [0, 0.1) is 5.92 Å². The van der Waals surface area contributed by atoms with Gasteiger partial charge in [0.1, 0.15) is 0 Å². The second kappa shape index (κ2) is 5.74. The number of nitrogens with zero attached hydrogens (tertiary/aromatic N) is 1. The highest BCUT2D eigenvalue weighted by Crippen LogP contribution is 2.32. The number of carbonyl (C=O) groups is 1. The van der Waals surface area contributed by atoms with E-state index in [1.807, 2.05) is 0 Å². The predicted octanol–water partition coefficient (Wildman–Crippen LogP) is 3.11. The van der Waals surface area contributed by atoms with Crippen molar-refractivity contribution in [2.45, 2.75) is 45.2 Å². The van der Waals surface area contributed by atoms with E-state index in [2.05, 4.69) is 50.1 Å². The lowest BCUT2D eigenvalue weighted by atomic mass is 9.79. The van der Waals surface area contributed by atoms with Crippen molar-refractivity contribution in [2.24, 2.45) is 5.92 Å². The maximum absolute atomic E-state index is 10.8. The maximum atomic E-state index is 10.8. The van der Waals surface area contributed by atoms with Crippen LogP contribution in [0.3, 0.4) is 0 Å². The van der Waals surface area contributed by atoms with Crippen LogP contribution in [0.4, 0.5) is 0 Å². The molecule has 1 aromatic rings. The minimum Gasteiger partial charge on any atom is -0.481 e. The molecule has 1 N–H and O–H groups in total. The van der Waals surface area contributed by atoms with Gasteiger partial charge in [0.2, 0.25) is 0 Å². The largest absolute Gasteiger partial charge is 0.481 e. The van der Waals surface area contributed by atoms with Gasteiger partial charge in [-0.3, -0.25) is 9.69 Å². The zero-order valence-corrected chi connectivity index (χ0v) is 12.0. The van der Waals surface area contributed by atoms with Crippen molar-refractivity contribution < 1.29 is 9.90 Å². The molecule has 1 aliphatic rings. The topological polar surface area (TPSA) is 40.5 Å². The van der Waals surface area contributed by atoms with Crippen LogP contribution in [-0.4, -0.2) is 29.1 Å². The average molecular weight is 261 g/mol. The van der Waals surface area contributed by atoms with Gasteiger partial charge in [0.15, 0.2) is 0 Å². The highest BCUT2D eigenvalue weighted by Gasteiger charge is 2.36. The van der Waals surface area contributed by atoms with Gasteiger partial charge in [-0.05, 0) is 36.9 Å². The Morgan fingerprint density at radius 1 is 1.32 bits per heavy atom. The first kappa shape index (κ1) is 14.1. The van der Waals surface area contributed by atoms with Crippen molar-refractivity contribution in [3.63, 3.8) is 0 Å². The number of hydrogen-bond acceptors (Lipinski definition) is 2. The lowest BCUT2D eigenvalue weighted by Gasteiger charge is -2.39. The fraction of sp³-hybridized carbons (Fsp3) is 0.562. The van der Waals surface area contributed by atoms with Crippen LogP contribution in [0.1, 0.15) is 43.7 Å². The Kier molecular flexibility index (Phi) is 4.25. The van der Waals surface area contributed by atoms with Crippen LogP contribution >= 0.6 is 0 Å². The lowest BCUT2D eigenvalue weighted by Crippen LogP contribution is -2.44. The molecule has 0 amide bonds. The van der Waals surface area contributed by atoms with Gasteiger partial charge in [0.05, 0.1) is 5.92 Å². The first-order chi connectivity index (χ1) is 8.97. The number of carboxylic acids is 1.